The van der Waals surface area contributed by atoms with E-state index in [1.54, 1.807) is 4.90 Å². The number of aromatic nitrogens is 1. The Morgan fingerprint density at radius 1 is 1.42 bits per heavy atom. The Morgan fingerprint density at radius 3 is 2.63 bits per heavy atom. The average molecular weight is 266 g/mol. The van der Waals surface area contributed by atoms with Crippen molar-refractivity contribution in [2.75, 3.05) is 13.2 Å². The van der Waals surface area contributed by atoms with Crippen molar-refractivity contribution in [3.8, 4) is 0 Å². The first-order valence-electron chi connectivity index (χ1n) is 6.08. The molecule has 0 aliphatic rings. The Kier molecular flexibility index (Phi) is 5.44. The second-order valence-electron chi connectivity index (χ2n) is 4.40. The Bertz CT molecular complexity index is 460. The molecule has 6 nitrogen and oxygen atoms in total. The molecule has 0 radical (unpaired) electrons. The number of carboxylic acid groups (broad SMARTS) is 1. The monoisotopic (exact) mass is 266 g/mol. The molecule has 19 heavy (non-hydrogen) atoms. The molecular weight excluding hydrogens is 248 g/mol. The van der Waals surface area contributed by atoms with E-state index in [1.165, 1.54) is 18.3 Å². The molecule has 2 N–H and O–H groups in total. The van der Waals surface area contributed by atoms with Crippen LogP contribution >= 0.6 is 0 Å². The predicted molar refractivity (Wildman–Crippen MR) is 69.1 cm³/mol. The van der Waals surface area contributed by atoms with Gasteiger partial charge in [0.2, 0.25) is 0 Å². The van der Waals surface area contributed by atoms with Crippen LogP contribution in [0, 0.1) is 0 Å². The number of carbonyl (C=O) groups is 2. The molecule has 0 saturated heterocycles. The first-order chi connectivity index (χ1) is 8.97. The maximum atomic E-state index is 12.3. The van der Waals surface area contributed by atoms with Gasteiger partial charge in [-0.3, -0.25) is 4.79 Å². The molecular formula is C13H18N2O4. The predicted octanol–water partition coefficient (Wildman–Crippen LogP) is 1.01. The summed E-state index contributed by atoms with van der Waals surface area (Å²) >= 11 is 0. The highest BCUT2D eigenvalue weighted by atomic mass is 16.4. The largest absolute Gasteiger partial charge is 0.477 e. The zero-order chi connectivity index (χ0) is 14.4. The Balaban J connectivity index is 2.95. The number of nitrogens with zero attached hydrogens (tertiary/aromatic N) is 2. The second-order valence-corrected chi connectivity index (χ2v) is 4.40. The third-order valence-corrected chi connectivity index (χ3v) is 2.67. The Labute approximate surface area is 111 Å². The summed E-state index contributed by atoms with van der Waals surface area (Å²) in [4.78, 5) is 28.4. The summed E-state index contributed by atoms with van der Waals surface area (Å²) < 4.78 is 0. The molecule has 6 heteroatoms. The first kappa shape index (κ1) is 15.1. The summed E-state index contributed by atoms with van der Waals surface area (Å²) in [6.45, 7) is 4.17. The number of aromatic carboxylic acids is 1. The number of aliphatic hydroxyl groups is 1. The standard InChI is InChI=1S/C13H18N2O4/c1-9(2)15(6-3-7-16)12(17)10-4-5-14-11(8-10)13(18)19/h4-5,8-9,16H,3,6-7H2,1-2H3,(H,18,19). The van der Waals surface area contributed by atoms with Crippen molar-refractivity contribution in [3.63, 3.8) is 0 Å². The van der Waals surface area contributed by atoms with Crippen LogP contribution in [0.25, 0.3) is 0 Å². The van der Waals surface area contributed by atoms with E-state index < -0.39 is 5.97 Å². The van der Waals surface area contributed by atoms with Gasteiger partial charge in [0.1, 0.15) is 5.69 Å². The zero-order valence-electron chi connectivity index (χ0n) is 11.0. The number of carbonyl (C=O) groups excluding carboxylic acids is 1. The summed E-state index contributed by atoms with van der Waals surface area (Å²) in [6, 6.07) is 2.72. The van der Waals surface area contributed by atoms with Crippen LogP contribution in [-0.2, 0) is 0 Å². The molecule has 0 aliphatic heterocycles. The molecule has 1 rings (SSSR count). The molecule has 0 atom stereocenters. The van der Waals surface area contributed by atoms with Gasteiger partial charge in [-0.15, -0.1) is 0 Å². The average Bonchev–Trinajstić information content (AvgIpc) is 2.38. The molecule has 0 bridgehead atoms. The molecule has 1 amide bonds. The van der Waals surface area contributed by atoms with E-state index in [2.05, 4.69) is 4.98 Å². The van der Waals surface area contributed by atoms with Crippen LogP contribution in [0.3, 0.4) is 0 Å². The fourth-order valence-electron chi connectivity index (χ4n) is 1.68. The van der Waals surface area contributed by atoms with Crippen molar-refractivity contribution >= 4 is 11.9 Å². The quantitative estimate of drug-likeness (QED) is 0.802. The van der Waals surface area contributed by atoms with Crippen molar-refractivity contribution in [2.45, 2.75) is 26.3 Å². The molecule has 0 spiro atoms. The fourth-order valence-corrected chi connectivity index (χ4v) is 1.68. The number of hydrogen-bond acceptors (Lipinski definition) is 4. The smallest absolute Gasteiger partial charge is 0.354 e. The second kappa shape index (κ2) is 6.84. The van der Waals surface area contributed by atoms with Gasteiger partial charge in [0.25, 0.3) is 5.91 Å². The van der Waals surface area contributed by atoms with E-state index in [9.17, 15) is 9.59 Å². The molecule has 1 aromatic heterocycles. The van der Waals surface area contributed by atoms with Gasteiger partial charge in [0.15, 0.2) is 0 Å². The van der Waals surface area contributed by atoms with Crippen molar-refractivity contribution in [3.05, 3.63) is 29.6 Å². The molecule has 1 heterocycles. The van der Waals surface area contributed by atoms with Crippen LogP contribution in [0.4, 0.5) is 0 Å². The van der Waals surface area contributed by atoms with Gasteiger partial charge in [0, 0.05) is 31.0 Å². The third kappa shape index (κ3) is 4.03. The summed E-state index contributed by atoms with van der Waals surface area (Å²) in [7, 11) is 0. The maximum absolute atomic E-state index is 12.3. The highest BCUT2D eigenvalue weighted by molar-refractivity contribution is 5.96. The van der Waals surface area contributed by atoms with Crippen LogP contribution in [0.1, 0.15) is 41.1 Å². The molecule has 0 saturated carbocycles. The molecule has 104 valence electrons. The summed E-state index contributed by atoms with van der Waals surface area (Å²) in [5, 5.41) is 17.7. The van der Waals surface area contributed by atoms with E-state index in [0.29, 0.717) is 18.5 Å². The molecule has 1 aromatic rings. The number of pyridine rings is 1. The third-order valence-electron chi connectivity index (χ3n) is 2.67. The van der Waals surface area contributed by atoms with Gasteiger partial charge in [-0.25, -0.2) is 9.78 Å². The Hall–Kier alpha value is -1.95. The van der Waals surface area contributed by atoms with Gasteiger partial charge in [-0.05, 0) is 32.4 Å². The van der Waals surface area contributed by atoms with E-state index in [1.807, 2.05) is 13.8 Å². The molecule has 0 aromatic carbocycles. The highest BCUT2D eigenvalue weighted by Gasteiger charge is 2.19. The maximum Gasteiger partial charge on any atom is 0.354 e. The highest BCUT2D eigenvalue weighted by Crippen LogP contribution is 2.10. The lowest BCUT2D eigenvalue weighted by molar-refractivity contribution is 0.0690. The van der Waals surface area contributed by atoms with Gasteiger partial charge in [-0.1, -0.05) is 0 Å². The first-order valence-corrected chi connectivity index (χ1v) is 6.08. The molecule has 0 aliphatic carbocycles. The molecule has 0 fully saturated rings. The Morgan fingerprint density at radius 2 is 2.11 bits per heavy atom. The van der Waals surface area contributed by atoms with Crippen LogP contribution in [0.2, 0.25) is 0 Å². The topological polar surface area (TPSA) is 90.7 Å². The van der Waals surface area contributed by atoms with Gasteiger partial charge in [0.05, 0.1) is 0 Å². The zero-order valence-corrected chi connectivity index (χ0v) is 11.0. The minimum absolute atomic E-state index is 0.00716. The lowest BCUT2D eigenvalue weighted by atomic mass is 10.1. The van der Waals surface area contributed by atoms with E-state index in [4.69, 9.17) is 10.2 Å². The van der Waals surface area contributed by atoms with Gasteiger partial charge >= 0.3 is 5.97 Å². The van der Waals surface area contributed by atoms with Gasteiger partial charge in [-0.2, -0.15) is 0 Å². The van der Waals surface area contributed by atoms with E-state index in [-0.39, 0.29) is 24.2 Å². The molecule has 0 unspecified atom stereocenters. The SMILES string of the molecule is CC(C)N(CCCO)C(=O)c1ccnc(C(=O)O)c1. The van der Waals surface area contributed by atoms with E-state index in [0.717, 1.165) is 0 Å². The van der Waals surface area contributed by atoms with Crippen molar-refractivity contribution in [1.29, 1.82) is 0 Å². The number of hydrogen-bond donors (Lipinski definition) is 2. The van der Waals surface area contributed by atoms with Crippen LogP contribution < -0.4 is 0 Å². The minimum atomic E-state index is -1.17. The van der Waals surface area contributed by atoms with Crippen LogP contribution in [-0.4, -0.2) is 51.2 Å². The van der Waals surface area contributed by atoms with Crippen molar-refractivity contribution in [1.82, 2.24) is 9.88 Å². The number of rotatable bonds is 6. The summed E-state index contributed by atoms with van der Waals surface area (Å²) in [5.41, 5.74) is 0.135. The fraction of sp³-hybridized carbons (Fsp3) is 0.462. The number of carboxylic acids is 1. The number of amides is 1. The van der Waals surface area contributed by atoms with Crippen molar-refractivity contribution < 1.29 is 19.8 Å². The minimum Gasteiger partial charge on any atom is -0.477 e. The van der Waals surface area contributed by atoms with Crippen LogP contribution in [0.5, 0.6) is 0 Å². The summed E-state index contributed by atoms with van der Waals surface area (Å²) in [5.74, 6) is -1.42. The van der Waals surface area contributed by atoms with Gasteiger partial charge < -0.3 is 15.1 Å². The normalized spacial score (nSPS) is 10.5. The lowest BCUT2D eigenvalue weighted by Crippen LogP contribution is -2.38. The number of aliphatic hydroxyl groups excluding tert-OH is 1. The van der Waals surface area contributed by atoms with Crippen LogP contribution in [0.15, 0.2) is 18.3 Å². The summed E-state index contributed by atoms with van der Waals surface area (Å²) in [6.07, 6.45) is 1.79. The lowest BCUT2D eigenvalue weighted by Gasteiger charge is -2.26. The van der Waals surface area contributed by atoms with Crippen molar-refractivity contribution in [2.24, 2.45) is 0 Å². The van der Waals surface area contributed by atoms with E-state index >= 15 is 0 Å².